The van der Waals surface area contributed by atoms with Gasteiger partial charge in [0.1, 0.15) is 22.2 Å². The van der Waals surface area contributed by atoms with Gasteiger partial charge in [-0.25, -0.2) is 19.0 Å². The number of fused-ring (bicyclic) bond motifs is 1. The van der Waals surface area contributed by atoms with Gasteiger partial charge in [-0.15, -0.1) is 0 Å². The van der Waals surface area contributed by atoms with Crippen molar-refractivity contribution >= 4 is 28.6 Å². The first kappa shape index (κ1) is 18.7. The van der Waals surface area contributed by atoms with Crippen molar-refractivity contribution in [3.8, 4) is 5.69 Å². The molecular formula is C20H22ClFN6O. The molecule has 1 aromatic carbocycles. The number of rotatable bonds is 2. The van der Waals surface area contributed by atoms with Crippen molar-refractivity contribution in [2.24, 2.45) is 11.1 Å². The van der Waals surface area contributed by atoms with Crippen molar-refractivity contribution in [3.63, 3.8) is 0 Å². The lowest BCUT2D eigenvalue weighted by Gasteiger charge is -2.41. The van der Waals surface area contributed by atoms with Crippen molar-refractivity contribution in [1.82, 2.24) is 19.7 Å². The third-order valence-electron chi connectivity index (χ3n) is 6.35. The Balaban J connectivity index is 1.40. The zero-order valence-electron chi connectivity index (χ0n) is 16.1. The van der Waals surface area contributed by atoms with Gasteiger partial charge in [-0.3, -0.25) is 0 Å². The molecular weight excluding hydrogens is 395 g/mol. The second kappa shape index (κ2) is 6.90. The Morgan fingerprint density at radius 2 is 2.07 bits per heavy atom. The summed E-state index contributed by atoms with van der Waals surface area (Å²) in [5.41, 5.74) is 8.08. The number of piperidine rings is 1. The minimum Gasteiger partial charge on any atom is -0.376 e. The van der Waals surface area contributed by atoms with E-state index in [2.05, 4.69) is 15.0 Å². The van der Waals surface area contributed by atoms with Crippen molar-refractivity contribution in [2.45, 2.75) is 31.9 Å². The van der Waals surface area contributed by atoms with E-state index in [9.17, 15) is 4.39 Å². The Labute approximate surface area is 172 Å². The molecule has 1 spiro atoms. The molecule has 2 saturated heterocycles. The van der Waals surface area contributed by atoms with E-state index in [4.69, 9.17) is 27.1 Å². The number of hydrogen-bond donors (Lipinski definition) is 1. The fourth-order valence-corrected chi connectivity index (χ4v) is 4.65. The largest absolute Gasteiger partial charge is 0.376 e. The number of aromatic nitrogens is 4. The lowest BCUT2D eigenvalue weighted by Crippen LogP contribution is -2.50. The van der Waals surface area contributed by atoms with Gasteiger partial charge >= 0.3 is 0 Å². The fraction of sp³-hybridized carbons (Fsp3) is 0.450. The Hall–Kier alpha value is -2.29. The van der Waals surface area contributed by atoms with Gasteiger partial charge in [0.05, 0.1) is 30.8 Å². The first-order valence-electron chi connectivity index (χ1n) is 9.76. The van der Waals surface area contributed by atoms with E-state index in [0.29, 0.717) is 16.9 Å². The van der Waals surface area contributed by atoms with Gasteiger partial charge in [-0.2, -0.15) is 5.10 Å². The second-order valence-corrected chi connectivity index (χ2v) is 8.34. The molecule has 0 aliphatic carbocycles. The normalized spacial score (nSPS) is 23.9. The van der Waals surface area contributed by atoms with Crippen molar-refractivity contribution in [3.05, 3.63) is 41.4 Å². The van der Waals surface area contributed by atoms with Crippen LogP contribution in [-0.4, -0.2) is 51.6 Å². The second-order valence-electron chi connectivity index (χ2n) is 7.96. The zero-order chi connectivity index (χ0) is 20.2. The highest BCUT2D eigenvalue weighted by Gasteiger charge is 2.47. The molecule has 2 N–H and O–H groups in total. The molecule has 7 nitrogen and oxygen atoms in total. The van der Waals surface area contributed by atoms with Crippen LogP contribution in [0.4, 0.5) is 10.2 Å². The molecule has 0 amide bonds. The molecule has 2 atom stereocenters. The van der Waals surface area contributed by atoms with E-state index < -0.39 is 5.82 Å². The Morgan fingerprint density at radius 1 is 1.28 bits per heavy atom. The first-order chi connectivity index (χ1) is 14.0. The predicted molar refractivity (Wildman–Crippen MR) is 109 cm³/mol. The molecule has 4 heterocycles. The van der Waals surface area contributed by atoms with Crippen molar-refractivity contribution < 1.29 is 9.13 Å². The van der Waals surface area contributed by atoms with Gasteiger partial charge in [0.25, 0.3) is 0 Å². The maximum Gasteiger partial charge on any atom is 0.181 e. The van der Waals surface area contributed by atoms with E-state index >= 15 is 0 Å². The van der Waals surface area contributed by atoms with Crippen LogP contribution in [0.25, 0.3) is 16.9 Å². The molecule has 9 heteroatoms. The molecule has 2 fully saturated rings. The number of nitrogens with two attached hydrogens (primary N) is 1. The van der Waals surface area contributed by atoms with Crippen LogP contribution in [0, 0.1) is 11.2 Å². The average Bonchev–Trinajstić information content (AvgIpc) is 3.27. The summed E-state index contributed by atoms with van der Waals surface area (Å²) in [6.07, 6.45) is 5.41. The Bertz CT molecular complexity index is 1060. The number of nitrogens with zero attached hydrogens (tertiary/aromatic N) is 5. The summed E-state index contributed by atoms with van der Waals surface area (Å²) in [5.74, 6) is 0.306. The SMILES string of the molecule is C[C@@H]1OCC2(CCN(c3cnc4c(cnn4-c4cccc(F)c4Cl)n3)CC2)[C@@H]1N. The van der Waals surface area contributed by atoms with Gasteiger partial charge in [0.15, 0.2) is 5.65 Å². The number of benzene rings is 1. The maximum atomic E-state index is 13.8. The van der Waals surface area contributed by atoms with E-state index in [1.807, 2.05) is 6.92 Å². The molecule has 0 radical (unpaired) electrons. The standard InChI is InChI=1S/C20H22ClFN6O/c1-12-18(23)20(11-29-12)5-7-27(8-6-20)16-10-24-19-14(26-16)9-25-28(19)15-4-2-3-13(22)17(15)21/h2-4,9-10,12,18H,5-8,11,23H2,1H3/t12-,18+/m0/s1. The lowest BCUT2D eigenvalue weighted by molar-refractivity contribution is 0.0974. The highest BCUT2D eigenvalue weighted by atomic mass is 35.5. The minimum absolute atomic E-state index is 0.00838. The van der Waals surface area contributed by atoms with Crippen LogP contribution in [0.2, 0.25) is 5.02 Å². The van der Waals surface area contributed by atoms with Gasteiger partial charge in [-0.05, 0) is 31.9 Å². The first-order valence-corrected chi connectivity index (χ1v) is 10.1. The summed E-state index contributed by atoms with van der Waals surface area (Å²) in [6, 6.07) is 4.68. The van der Waals surface area contributed by atoms with E-state index in [1.165, 1.54) is 10.7 Å². The Morgan fingerprint density at radius 3 is 2.79 bits per heavy atom. The minimum atomic E-state index is -0.497. The topological polar surface area (TPSA) is 82.1 Å². The highest BCUT2D eigenvalue weighted by Crippen LogP contribution is 2.41. The molecule has 0 bridgehead atoms. The van der Waals surface area contributed by atoms with E-state index in [-0.39, 0.29) is 22.6 Å². The van der Waals surface area contributed by atoms with Crippen molar-refractivity contribution in [2.75, 3.05) is 24.6 Å². The molecule has 0 saturated carbocycles. The number of hydrogen-bond acceptors (Lipinski definition) is 6. The molecule has 5 rings (SSSR count). The van der Waals surface area contributed by atoms with Gasteiger partial charge in [-0.1, -0.05) is 17.7 Å². The number of ether oxygens (including phenoxy) is 1. The third-order valence-corrected chi connectivity index (χ3v) is 6.73. The summed E-state index contributed by atoms with van der Waals surface area (Å²) in [6.45, 7) is 4.49. The third kappa shape index (κ3) is 2.97. The van der Waals surface area contributed by atoms with Gasteiger partial charge < -0.3 is 15.4 Å². The summed E-state index contributed by atoms with van der Waals surface area (Å²) < 4.78 is 21.1. The average molecular weight is 417 g/mol. The summed E-state index contributed by atoms with van der Waals surface area (Å²) in [5, 5.41) is 4.33. The highest BCUT2D eigenvalue weighted by molar-refractivity contribution is 6.32. The van der Waals surface area contributed by atoms with Crippen LogP contribution in [0.15, 0.2) is 30.6 Å². The molecule has 29 heavy (non-hydrogen) atoms. The maximum absolute atomic E-state index is 13.8. The van der Waals surface area contributed by atoms with Crippen LogP contribution in [0.1, 0.15) is 19.8 Å². The summed E-state index contributed by atoms with van der Waals surface area (Å²) in [7, 11) is 0. The smallest absolute Gasteiger partial charge is 0.181 e. The fourth-order valence-electron chi connectivity index (χ4n) is 4.44. The van der Waals surface area contributed by atoms with Crippen LogP contribution in [0.3, 0.4) is 0 Å². The quantitative estimate of drug-likeness (QED) is 0.691. The molecule has 152 valence electrons. The van der Waals surface area contributed by atoms with Crippen molar-refractivity contribution in [1.29, 1.82) is 0 Å². The Kier molecular flexibility index (Phi) is 4.45. The molecule has 0 unspecified atom stereocenters. The predicted octanol–water partition coefficient (Wildman–Crippen LogP) is 2.94. The van der Waals surface area contributed by atoms with Crippen LogP contribution in [0.5, 0.6) is 0 Å². The molecule has 2 aliphatic rings. The molecule has 2 aromatic heterocycles. The van der Waals surface area contributed by atoms with E-state index in [0.717, 1.165) is 38.4 Å². The van der Waals surface area contributed by atoms with Gasteiger partial charge in [0, 0.05) is 24.5 Å². The van der Waals surface area contributed by atoms with Crippen LogP contribution < -0.4 is 10.6 Å². The monoisotopic (exact) mass is 416 g/mol. The number of anilines is 1. The summed E-state index contributed by atoms with van der Waals surface area (Å²) >= 11 is 6.11. The van der Waals surface area contributed by atoms with Crippen LogP contribution in [-0.2, 0) is 4.74 Å². The van der Waals surface area contributed by atoms with Gasteiger partial charge in [0.2, 0.25) is 0 Å². The lowest BCUT2D eigenvalue weighted by atomic mass is 9.73. The number of halogens is 2. The zero-order valence-corrected chi connectivity index (χ0v) is 16.8. The molecule has 3 aromatic rings. The summed E-state index contributed by atoms with van der Waals surface area (Å²) in [4.78, 5) is 11.5. The molecule has 2 aliphatic heterocycles. The van der Waals surface area contributed by atoms with Crippen LogP contribution >= 0.6 is 11.6 Å². The van der Waals surface area contributed by atoms with E-state index in [1.54, 1.807) is 24.5 Å².